The predicted octanol–water partition coefficient (Wildman–Crippen LogP) is 5.29. The monoisotopic (exact) mass is 402 g/mol. The molecule has 3 rings (SSSR count). The van der Waals surface area contributed by atoms with Gasteiger partial charge in [-0.3, -0.25) is 0 Å². The van der Waals surface area contributed by atoms with Crippen molar-refractivity contribution in [2.24, 2.45) is 0 Å². The van der Waals surface area contributed by atoms with E-state index in [1.165, 1.54) is 0 Å². The summed E-state index contributed by atoms with van der Waals surface area (Å²) in [6.45, 7) is 4.00. The molecule has 0 aliphatic rings. The molecule has 0 saturated heterocycles. The number of carbonyl (C=O) groups excluding carboxylic acids is 2. The minimum Gasteiger partial charge on any atom is -0.341 e. The minimum atomic E-state index is -0.268. The molecule has 0 aliphatic carbocycles. The van der Waals surface area contributed by atoms with Crippen LogP contribution >= 0.6 is 0 Å². The third kappa shape index (κ3) is 5.61. The molecule has 0 heterocycles. The molecule has 4 amide bonds. The van der Waals surface area contributed by atoms with Crippen LogP contribution in [0.25, 0.3) is 0 Å². The molecule has 0 fully saturated rings. The third-order valence-corrected chi connectivity index (χ3v) is 4.91. The van der Waals surface area contributed by atoms with Gasteiger partial charge in [0.15, 0.2) is 0 Å². The second-order valence-corrected chi connectivity index (χ2v) is 7.10. The molecule has 0 atom stereocenters. The molecular weight excluding hydrogens is 376 g/mol. The van der Waals surface area contributed by atoms with Crippen LogP contribution in [0.15, 0.2) is 66.7 Å². The molecule has 30 heavy (non-hydrogen) atoms. The SMILES string of the molecule is CNC(=O)Nc1ccc(Cc2ccc(NC(=O)Nc3cccc(C)c3C)cc2)cc1. The van der Waals surface area contributed by atoms with Gasteiger partial charge in [0.1, 0.15) is 0 Å². The van der Waals surface area contributed by atoms with Gasteiger partial charge in [-0.25, -0.2) is 9.59 Å². The lowest BCUT2D eigenvalue weighted by Gasteiger charge is -2.12. The average Bonchev–Trinajstić information content (AvgIpc) is 2.74. The Morgan fingerprint density at radius 3 is 1.77 bits per heavy atom. The standard InChI is InChI=1S/C24H26N4O2/c1-16-5-4-6-22(17(16)2)28-24(30)27-21-13-9-19(10-14-21)15-18-7-11-20(12-8-18)26-23(29)25-3/h4-14H,15H2,1-3H3,(H2,25,26,29)(H2,27,28,30). The van der Waals surface area contributed by atoms with Crippen LogP contribution in [-0.4, -0.2) is 19.1 Å². The topological polar surface area (TPSA) is 82.3 Å². The molecule has 6 heteroatoms. The Morgan fingerprint density at radius 1 is 0.700 bits per heavy atom. The Labute approximate surface area is 176 Å². The lowest BCUT2D eigenvalue weighted by Crippen LogP contribution is -2.24. The van der Waals surface area contributed by atoms with E-state index in [0.29, 0.717) is 0 Å². The van der Waals surface area contributed by atoms with Gasteiger partial charge in [-0.2, -0.15) is 0 Å². The first kappa shape index (κ1) is 20.9. The molecule has 3 aromatic carbocycles. The molecule has 0 spiro atoms. The fourth-order valence-electron chi connectivity index (χ4n) is 3.01. The van der Waals surface area contributed by atoms with E-state index in [2.05, 4.69) is 21.3 Å². The van der Waals surface area contributed by atoms with Gasteiger partial charge < -0.3 is 21.3 Å². The van der Waals surface area contributed by atoms with Crippen molar-refractivity contribution >= 4 is 29.1 Å². The van der Waals surface area contributed by atoms with E-state index in [9.17, 15) is 9.59 Å². The zero-order valence-electron chi connectivity index (χ0n) is 17.4. The zero-order valence-corrected chi connectivity index (χ0v) is 17.4. The summed E-state index contributed by atoms with van der Waals surface area (Å²) in [5, 5.41) is 11.0. The third-order valence-electron chi connectivity index (χ3n) is 4.91. The van der Waals surface area contributed by atoms with Crippen LogP contribution in [0.4, 0.5) is 26.7 Å². The van der Waals surface area contributed by atoms with E-state index in [4.69, 9.17) is 0 Å². The van der Waals surface area contributed by atoms with Crippen molar-refractivity contribution in [2.75, 3.05) is 23.0 Å². The second kappa shape index (κ2) is 9.60. The number of rotatable bonds is 5. The Balaban J connectivity index is 1.56. The van der Waals surface area contributed by atoms with Crippen molar-refractivity contribution in [1.29, 1.82) is 0 Å². The van der Waals surface area contributed by atoms with Gasteiger partial charge in [0.05, 0.1) is 0 Å². The first-order chi connectivity index (χ1) is 14.4. The first-order valence-electron chi connectivity index (χ1n) is 9.75. The highest BCUT2D eigenvalue weighted by Crippen LogP contribution is 2.19. The molecule has 0 unspecified atom stereocenters. The van der Waals surface area contributed by atoms with Gasteiger partial charge in [-0.15, -0.1) is 0 Å². The number of nitrogens with one attached hydrogen (secondary N) is 4. The van der Waals surface area contributed by atoms with Gasteiger partial charge in [0.25, 0.3) is 0 Å². The van der Waals surface area contributed by atoms with Gasteiger partial charge in [-0.1, -0.05) is 36.4 Å². The lowest BCUT2D eigenvalue weighted by atomic mass is 10.0. The maximum Gasteiger partial charge on any atom is 0.323 e. The van der Waals surface area contributed by atoms with E-state index in [-0.39, 0.29) is 12.1 Å². The number of amides is 4. The Morgan fingerprint density at radius 2 is 1.23 bits per heavy atom. The average molecular weight is 402 g/mol. The summed E-state index contributed by atoms with van der Waals surface area (Å²) >= 11 is 0. The molecule has 3 aromatic rings. The van der Waals surface area contributed by atoms with E-state index >= 15 is 0 Å². The van der Waals surface area contributed by atoms with Gasteiger partial charge >= 0.3 is 12.1 Å². The van der Waals surface area contributed by atoms with Crippen LogP contribution in [0, 0.1) is 13.8 Å². The lowest BCUT2D eigenvalue weighted by molar-refractivity contribution is 0.254. The van der Waals surface area contributed by atoms with Gasteiger partial charge in [0, 0.05) is 24.1 Å². The Kier molecular flexibility index (Phi) is 6.70. The largest absolute Gasteiger partial charge is 0.341 e. The highest BCUT2D eigenvalue weighted by molar-refractivity contribution is 6.00. The van der Waals surface area contributed by atoms with Crippen molar-refractivity contribution < 1.29 is 9.59 Å². The number of carbonyl (C=O) groups is 2. The molecule has 0 aromatic heterocycles. The van der Waals surface area contributed by atoms with Crippen LogP contribution in [-0.2, 0) is 6.42 Å². The first-order valence-corrected chi connectivity index (χ1v) is 9.75. The fraction of sp³-hybridized carbons (Fsp3) is 0.167. The second-order valence-electron chi connectivity index (χ2n) is 7.10. The summed E-state index contributed by atoms with van der Waals surface area (Å²) in [6.07, 6.45) is 0.759. The van der Waals surface area contributed by atoms with Crippen LogP contribution in [0.3, 0.4) is 0 Å². The zero-order chi connectivity index (χ0) is 21.5. The van der Waals surface area contributed by atoms with E-state index < -0.39 is 0 Å². The summed E-state index contributed by atoms with van der Waals surface area (Å²) in [7, 11) is 1.58. The van der Waals surface area contributed by atoms with Crippen molar-refractivity contribution in [3.8, 4) is 0 Å². The Hall–Kier alpha value is -3.80. The summed E-state index contributed by atoms with van der Waals surface area (Å²) in [5.41, 5.74) is 6.72. The number of anilines is 3. The van der Waals surface area contributed by atoms with Crippen LogP contribution in [0.1, 0.15) is 22.3 Å². The maximum atomic E-state index is 12.3. The van der Waals surface area contributed by atoms with Gasteiger partial charge in [0.2, 0.25) is 0 Å². The van der Waals surface area contributed by atoms with E-state index in [0.717, 1.165) is 45.7 Å². The normalized spacial score (nSPS) is 10.2. The highest BCUT2D eigenvalue weighted by atomic mass is 16.2. The summed E-state index contributed by atoms with van der Waals surface area (Å²) < 4.78 is 0. The van der Waals surface area contributed by atoms with Crippen molar-refractivity contribution in [1.82, 2.24) is 5.32 Å². The molecule has 0 saturated carbocycles. The van der Waals surface area contributed by atoms with Crippen LogP contribution in [0.2, 0.25) is 0 Å². The number of aryl methyl sites for hydroxylation is 1. The number of benzene rings is 3. The molecule has 6 nitrogen and oxygen atoms in total. The predicted molar refractivity (Wildman–Crippen MR) is 122 cm³/mol. The molecule has 0 bridgehead atoms. The number of hydrogen-bond donors (Lipinski definition) is 4. The van der Waals surface area contributed by atoms with E-state index in [1.54, 1.807) is 7.05 Å². The summed E-state index contributed by atoms with van der Waals surface area (Å²) in [4.78, 5) is 23.6. The van der Waals surface area contributed by atoms with Crippen LogP contribution in [0.5, 0.6) is 0 Å². The molecular formula is C24H26N4O2. The summed E-state index contributed by atoms with van der Waals surface area (Å²) in [6, 6.07) is 20.8. The number of hydrogen-bond acceptors (Lipinski definition) is 2. The Bertz CT molecular complexity index is 1030. The van der Waals surface area contributed by atoms with E-state index in [1.807, 2.05) is 80.6 Å². The van der Waals surface area contributed by atoms with Crippen LogP contribution < -0.4 is 21.3 Å². The highest BCUT2D eigenvalue weighted by Gasteiger charge is 2.06. The molecule has 0 aliphatic heterocycles. The van der Waals surface area contributed by atoms with Gasteiger partial charge in [-0.05, 0) is 72.9 Å². The van der Waals surface area contributed by atoms with Crippen molar-refractivity contribution in [2.45, 2.75) is 20.3 Å². The quantitative estimate of drug-likeness (QED) is 0.468. The molecule has 154 valence electrons. The molecule has 0 radical (unpaired) electrons. The van der Waals surface area contributed by atoms with Crippen molar-refractivity contribution in [3.63, 3.8) is 0 Å². The molecule has 4 N–H and O–H groups in total. The summed E-state index contributed by atoms with van der Waals surface area (Å²) in [5.74, 6) is 0. The van der Waals surface area contributed by atoms with Crippen molar-refractivity contribution in [3.05, 3.63) is 89.0 Å². The smallest absolute Gasteiger partial charge is 0.323 e. The number of urea groups is 2. The fourth-order valence-corrected chi connectivity index (χ4v) is 3.01. The maximum absolute atomic E-state index is 12.3. The minimum absolute atomic E-state index is 0.243.